The number of anilines is 1. The number of nitrogens with one attached hydrogen (secondary N) is 1. The number of hydrogen-bond donors (Lipinski definition) is 1. The van der Waals surface area contributed by atoms with E-state index in [2.05, 4.69) is 5.32 Å². The summed E-state index contributed by atoms with van der Waals surface area (Å²) in [5, 5.41) is 2.66. The molecule has 0 spiro atoms. The van der Waals surface area contributed by atoms with Crippen LogP contribution in [-0.4, -0.2) is 60.9 Å². The van der Waals surface area contributed by atoms with Crippen LogP contribution in [0.1, 0.15) is 0 Å². The van der Waals surface area contributed by atoms with Gasteiger partial charge in [0, 0.05) is 37.9 Å². The van der Waals surface area contributed by atoms with Gasteiger partial charge in [-0.15, -0.1) is 0 Å². The smallest absolute Gasteiger partial charge is 0.260 e. The van der Waals surface area contributed by atoms with Crippen molar-refractivity contribution in [2.75, 3.05) is 44.6 Å². The molecule has 6 nitrogen and oxygen atoms in total. The molecule has 0 aromatic heterocycles. The highest BCUT2D eigenvalue weighted by Crippen LogP contribution is 2.13. The Morgan fingerprint density at radius 2 is 1.64 bits per heavy atom. The predicted octanol–water partition coefficient (Wildman–Crippen LogP) is 2.13. The lowest BCUT2D eigenvalue weighted by Gasteiger charge is -2.34. The molecule has 0 atom stereocenters. The van der Waals surface area contributed by atoms with Crippen LogP contribution in [0.4, 0.5) is 14.5 Å². The van der Waals surface area contributed by atoms with Crippen LogP contribution in [-0.2, 0) is 9.59 Å². The monoisotopic (exact) mass is 389 g/mol. The molecule has 0 bridgehead atoms. The molecule has 1 N–H and O–H groups in total. The average Bonchev–Trinajstić information content (AvgIpc) is 2.67. The molecule has 0 aliphatic carbocycles. The summed E-state index contributed by atoms with van der Waals surface area (Å²) < 4.78 is 31.6. The fourth-order valence-corrected chi connectivity index (χ4v) is 2.92. The lowest BCUT2D eigenvalue weighted by atomic mass is 10.3. The number of carbonyl (C=O) groups is 2. The summed E-state index contributed by atoms with van der Waals surface area (Å²) in [5.41, 5.74) is 0.410. The largest absolute Gasteiger partial charge is 0.484 e. The van der Waals surface area contributed by atoms with Crippen LogP contribution in [0.15, 0.2) is 48.5 Å². The normalized spacial score (nSPS) is 14.6. The second kappa shape index (κ2) is 9.27. The molecule has 1 saturated heterocycles. The van der Waals surface area contributed by atoms with Gasteiger partial charge >= 0.3 is 0 Å². The summed E-state index contributed by atoms with van der Waals surface area (Å²) >= 11 is 0. The van der Waals surface area contributed by atoms with E-state index in [4.69, 9.17) is 4.74 Å². The van der Waals surface area contributed by atoms with Gasteiger partial charge in [0.15, 0.2) is 6.61 Å². The Bertz CT molecular complexity index is 839. The van der Waals surface area contributed by atoms with Crippen molar-refractivity contribution in [2.45, 2.75) is 0 Å². The number of hydrogen-bond acceptors (Lipinski definition) is 4. The van der Waals surface area contributed by atoms with Crippen LogP contribution in [0, 0.1) is 11.6 Å². The molecule has 0 saturated carbocycles. The van der Waals surface area contributed by atoms with Crippen molar-refractivity contribution in [2.24, 2.45) is 0 Å². The van der Waals surface area contributed by atoms with Gasteiger partial charge < -0.3 is 15.0 Å². The molecule has 1 aliphatic rings. The van der Waals surface area contributed by atoms with Crippen LogP contribution in [0.2, 0.25) is 0 Å². The number of nitrogens with zero attached hydrogens (tertiary/aromatic N) is 2. The van der Waals surface area contributed by atoms with Crippen molar-refractivity contribution in [3.63, 3.8) is 0 Å². The second-order valence-electron chi connectivity index (χ2n) is 6.46. The summed E-state index contributed by atoms with van der Waals surface area (Å²) in [4.78, 5) is 27.9. The number of carbonyl (C=O) groups excluding carboxylic acids is 2. The molecule has 0 unspecified atom stereocenters. The van der Waals surface area contributed by atoms with E-state index in [9.17, 15) is 18.4 Å². The third-order valence-corrected chi connectivity index (χ3v) is 4.36. The lowest BCUT2D eigenvalue weighted by Crippen LogP contribution is -2.51. The summed E-state index contributed by atoms with van der Waals surface area (Å²) in [6, 6.07) is 11.4. The molecule has 1 heterocycles. The Balaban J connectivity index is 1.40. The standard InChI is InChI=1S/C20H21F2N3O3/c21-15-3-1-5-17(11-15)23-19(26)13-24-7-9-25(10-8-24)20(27)14-28-18-6-2-4-16(22)12-18/h1-6,11-12H,7-10,13-14H2,(H,23,26). The first-order chi connectivity index (χ1) is 13.5. The Morgan fingerprint density at radius 1 is 0.964 bits per heavy atom. The molecule has 3 rings (SSSR count). The molecule has 2 aromatic carbocycles. The minimum absolute atomic E-state index is 0.163. The summed E-state index contributed by atoms with van der Waals surface area (Å²) in [7, 11) is 0. The average molecular weight is 389 g/mol. The summed E-state index contributed by atoms with van der Waals surface area (Å²) in [6.45, 7) is 2.03. The Kier molecular flexibility index (Phi) is 6.54. The lowest BCUT2D eigenvalue weighted by molar-refractivity contribution is -0.135. The van der Waals surface area contributed by atoms with E-state index in [0.717, 1.165) is 0 Å². The van der Waals surface area contributed by atoms with Crippen molar-refractivity contribution in [1.82, 2.24) is 9.80 Å². The van der Waals surface area contributed by atoms with Crippen LogP contribution in [0.25, 0.3) is 0 Å². The van der Waals surface area contributed by atoms with Crippen molar-refractivity contribution < 1.29 is 23.1 Å². The maximum Gasteiger partial charge on any atom is 0.260 e. The van der Waals surface area contributed by atoms with Gasteiger partial charge in [-0.2, -0.15) is 0 Å². The van der Waals surface area contributed by atoms with Crippen molar-refractivity contribution in [1.29, 1.82) is 0 Å². The van der Waals surface area contributed by atoms with E-state index in [-0.39, 0.29) is 25.0 Å². The maximum absolute atomic E-state index is 13.2. The number of ether oxygens (including phenoxy) is 1. The highest BCUT2D eigenvalue weighted by molar-refractivity contribution is 5.92. The number of piperazine rings is 1. The Labute approximate surface area is 161 Å². The summed E-state index contributed by atoms with van der Waals surface area (Å²) in [5.74, 6) is -0.950. The molecule has 148 valence electrons. The maximum atomic E-state index is 13.2. The molecule has 2 aromatic rings. The van der Waals surface area contributed by atoms with Gasteiger partial charge in [-0.25, -0.2) is 8.78 Å². The molecule has 1 aliphatic heterocycles. The van der Waals surface area contributed by atoms with Gasteiger partial charge in [-0.05, 0) is 30.3 Å². The number of amides is 2. The van der Waals surface area contributed by atoms with Gasteiger partial charge in [-0.1, -0.05) is 12.1 Å². The highest BCUT2D eigenvalue weighted by Gasteiger charge is 2.22. The molecular weight excluding hydrogens is 368 g/mol. The minimum Gasteiger partial charge on any atom is -0.484 e. The van der Waals surface area contributed by atoms with E-state index < -0.39 is 11.6 Å². The van der Waals surface area contributed by atoms with Gasteiger partial charge in [0.05, 0.1) is 6.54 Å². The number of halogens is 2. The number of rotatable bonds is 6. The molecular formula is C20H21F2N3O3. The van der Waals surface area contributed by atoms with Crippen LogP contribution in [0.3, 0.4) is 0 Å². The fourth-order valence-electron chi connectivity index (χ4n) is 2.92. The third kappa shape index (κ3) is 5.75. The van der Waals surface area contributed by atoms with E-state index in [0.29, 0.717) is 37.6 Å². The SMILES string of the molecule is O=C(CN1CCN(C(=O)COc2cccc(F)c2)CC1)Nc1cccc(F)c1. The molecule has 1 fully saturated rings. The van der Waals surface area contributed by atoms with Crippen LogP contribution >= 0.6 is 0 Å². The van der Waals surface area contributed by atoms with Crippen molar-refractivity contribution >= 4 is 17.5 Å². The zero-order valence-electron chi connectivity index (χ0n) is 15.2. The quantitative estimate of drug-likeness (QED) is 0.822. The van der Waals surface area contributed by atoms with E-state index in [1.165, 1.54) is 36.4 Å². The van der Waals surface area contributed by atoms with E-state index in [1.807, 2.05) is 4.90 Å². The van der Waals surface area contributed by atoms with E-state index in [1.54, 1.807) is 17.0 Å². The fraction of sp³-hybridized carbons (Fsp3) is 0.300. The Morgan fingerprint density at radius 3 is 2.32 bits per heavy atom. The van der Waals surface area contributed by atoms with Gasteiger partial charge in [0.1, 0.15) is 17.4 Å². The molecule has 2 amide bonds. The molecule has 28 heavy (non-hydrogen) atoms. The zero-order chi connectivity index (χ0) is 19.9. The first-order valence-electron chi connectivity index (χ1n) is 8.93. The Hall–Kier alpha value is -3.00. The molecule has 8 heteroatoms. The van der Waals surface area contributed by atoms with E-state index >= 15 is 0 Å². The van der Waals surface area contributed by atoms with Gasteiger partial charge in [0.25, 0.3) is 5.91 Å². The minimum atomic E-state index is -0.421. The van der Waals surface area contributed by atoms with Crippen LogP contribution < -0.4 is 10.1 Å². The highest BCUT2D eigenvalue weighted by atomic mass is 19.1. The third-order valence-electron chi connectivity index (χ3n) is 4.36. The van der Waals surface area contributed by atoms with Crippen molar-refractivity contribution in [3.8, 4) is 5.75 Å². The predicted molar refractivity (Wildman–Crippen MR) is 99.9 cm³/mol. The molecule has 0 radical (unpaired) electrons. The van der Waals surface area contributed by atoms with Crippen molar-refractivity contribution in [3.05, 3.63) is 60.2 Å². The number of benzene rings is 2. The second-order valence-corrected chi connectivity index (χ2v) is 6.46. The van der Waals surface area contributed by atoms with Gasteiger partial charge in [0.2, 0.25) is 5.91 Å². The van der Waals surface area contributed by atoms with Gasteiger partial charge in [-0.3, -0.25) is 14.5 Å². The zero-order valence-corrected chi connectivity index (χ0v) is 15.2. The first kappa shape index (κ1) is 19.8. The van der Waals surface area contributed by atoms with Crippen LogP contribution in [0.5, 0.6) is 5.75 Å². The topological polar surface area (TPSA) is 61.9 Å². The summed E-state index contributed by atoms with van der Waals surface area (Å²) in [6.07, 6.45) is 0. The first-order valence-corrected chi connectivity index (χ1v) is 8.93.